The first-order chi connectivity index (χ1) is 8.81. The number of piperidine rings is 1. The molecule has 0 aliphatic carbocycles. The molecule has 18 heavy (non-hydrogen) atoms. The Labute approximate surface area is 112 Å². The van der Waals surface area contributed by atoms with Crippen LogP contribution in [0, 0.1) is 0 Å². The largest absolute Gasteiger partial charge is 0.453 e. The van der Waals surface area contributed by atoms with E-state index < -0.39 is 0 Å². The van der Waals surface area contributed by atoms with Crippen LogP contribution < -0.4 is 14.8 Å². The Bertz CT molecular complexity index is 456. The van der Waals surface area contributed by atoms with Crippen LogP contribution in [0.3, 0.4) is 0 Å². The van der Waals surface area contributed by atoms with Gasteiger partial charge in [-0.1, -0.05) is 18.5 Å². The molecule has 1 atom stereocenters. The van der Waals surface area contributed by atoms with Crippen molar-refractivity contribution in [2.45, 2.75) is 32.1 Å². The number of rotatable bonds is 2. The van der Waals surface area contributed by atoms with Gasteiger partial charge in [-0.05, 0) is 43.4 Å². The van der Waals surface area contributed by atoms with Crippen LogP contribution in [0.15, 0.2) is 6.07 Å². The standard InChI is InChI=1S/C14H18ClNO2/c1-2-10-11(9-4-3-5-16-7-9)6-12(15)14-13(10)17-8-18-14/h6,9,16H,2-5,7-8H2,1H3. The van der Waals surface area contributed by atoms with Gasteiger partial charge in [-0.3, -0.25) is 0 Å². The zero-order valence-corrected chi connectivity index (χ0v) is 11.3. The monoisotopic (exact) mass is 267 g/mol. The number of hydrogen-bond acceptors (Lipinski definition) is 3. The summed E-state index contributed by atoms with van der Waals surface area (Å²) in [6, 6.07) is 2.07. The molecule has 1 fully saturated rings. The number of halogens is 1. The number of fused-ring (bicyclic) bond motifs is 1. The third-order valence-corrected chi connectivity index (χ3v) is 4.11. The fourth-order valence-corrected chi connectivity index (χ4v) is 3.20. The minimum atomic E-state index is 0.286. The fourth-order valence-electron chi connectivity index (χ4n) is 2.95. The smallest absolute Gasteiger partial charge is 0.231 e. The molecule has 3 nitrogen and oxygen atoms in total. The maximum atomic E-state index is 6.30. The second-order valence-corrected chi connectivity index (χ2v) is 5.29. The summed E-state index contributed by atoms with van der Waals surface area (Å²) in [6.45, 7) is 4.60. The molecule has 1 aromatic carbocycles. The molecular formula is C14H18ClNO2. The first kappa shape index (κ1) is 12.1. The summed E-state index contributed by atoms with van der Waals surface area (Å²) in [7, 11) is 0. The highest BCUT2D eigenvalue weighted by molar-refractivity contribution is 6.32. The molecule has 2 aliphatic rings. The van der Waals surface area contributed by atoms with Crippen LogP contribution >= 0.6 is 11.6 Å². The average Bonchev–Trinajstić information content (AvgIpc) is 2.89. The molecule has 1 saturated heterocycles. The molecule has 3 rings (SSSR count). The average molecular weight is 268 g/mol. The Morgan fingerprint density at radius 2 is 2.22 bits per heavy atom. The number of nitrogens with one attached hydrogen (secondary N) is 1. The van der Waals surface area contributed by atoms with E-state index in [-0.39, 0.29) is 6.79 Å². The molecule has 0 bridgehead atoms. The van der Waals surface area contributed by atoms with Gasteiger partial charge in [0.15, 0.2) is 11.5 Å². The molecule has 1 N–H and O–H groups in total. The maximum Gasteiger partial charge on any atom is 0.231 e. The van der Waals surface area contributed by atoms with Crippen molar-refractivity contribution >= 4 is 11.6 Å². The minimum Gasteiger partial charge on any atom is -0.453 e. The highest BCUT2D eigenvalue weighted by atomic mass is 35.5. The van der Waals surface area contributed by atoms with Crippen molar-refractivity contribution < 1.29 is 9.47 Å². The number of benzene rings is 1. The van der Waals surface area contributed by atoms with Crippen LogP contribution in [0.1, 0.15) is 36.8 Å². The first-order valence-electron chi connectivity index (χ1n) is 6.62. The Morgan fingerprint density at radius 3 is 2.94 bits per heavy atom. The van der Waals surface area contributed by atoms with Crippen LogP contribution in [0.4, 0.5) is 0 Å². The van der Waals surface area contributed by atoms with Crippen LogP contribution in [0.2, 0.25) is 5.02 Å². The van der Waals surface area contributed by atoms with Gasteiger partial charge in [-0.2, -0.15) is 0 Å². The molecule has 4 heteroatoms. The molecule has 0 spiro atoms. The Balaban J connectivity index is 2.05. The summed E-state index contributed by atoms with van der Waals surface area (Å²) in [4.78, 5) is 0. The normalized spacial score (nSPS) is 22.2. The molecule has 0 aromatic heterocycles. The van der Waals surface area contributed by atoms with Crippen molar-refractivity contribution in [3.8, 4) is 11.5 Å². The Kier molecular flexibility index (Phi) is 3.35. The van der Waals surface area contributed by atoms with Gasteiger partial charge in [-0.15, -0.1) is 0 Å². The SMILES string of the molecule is CCc1c(C2CCCNC2)cc(Cl)c2c1OCO2. The summed E-state index contributed by atoms with van der Waals surface area (Å²) in [5, 5.41) is 4.14. The van der Waals surface area contributed by atoms with E-state index >= 15 is 0 Å². The van der Waals surface area contributed by atoms with Crippen LogP contribution in [-0.4, -0.2) is 19.9 Å². The summed E-state index contributed by atoms with van der Waals surface area (Å²) >= 11 is 6.30. The summed E-state index contributed by atoms with van der Waals surface area (Å²) in [6.07, 6.45) is 3.39. The molecule has 2 heterocycles. The lowest BCUT2D eigenvalue weighted by atomic mass is 9.87. The van der Waals surface area contributed by atoms with Crippen molar-refractivity contribution in [3.63, 3.8) is 0 Å². The molecule has 2 aliphatic heterocycles. The van der Waals surface area contributed by atoms with Crippen molar-refractivity contribution in [2.24, 2.45) is 0 Å². The van der Waals surface area contributed by atoms with E-state index in [0.717, 1.165) is 31.0 Å². The van der Waals surface area contributed by atoms with Crippen molar-refractivity contribution in [2.75, 3.05) is 19.9 Å². The molecule has 0 radical (unpaired) electrons. The van der Waals surface area contributed by atoms with Crippen LogP contribution in [0.25, 0.3) is 0 Å². The lowest BCUT2D eigenvalue weighted by Gasteiger charge is -2.26. The number of hydrogen-bond donors (Lipinski definition) is 1. The van der Waals surface area contributed by atoms with E-state index in [9.17, 15) is 0 Å². The maximum absolute atomic E-state index is 6.30. The third kappa shape index (κ3) is 1.95. The zero-order chi connectivity index (χ0) is 12.5. The van der Waals surface area contributed by atoms with Gasteiger partial charge in [0.2, 0.25) is 6.79 Å². The van der Waals surface area contributed by atoms with Crippen molar-refractivity contribution in [1.29, 1.82) is 0 Å². The van der Waals surface area contributed by atoms with E-state index in [4.69, 9.17) is 21.1 Å². The topological polar surface area (TPSA) is 30.5 Å². The first-order valence-corrected chi connectivity index (χ1v) is 7.00. The lowest BCUT2D eigenvalue weighted by molar-refractivity contribution is 0.173. The van der Waals surface area contributed by atoms with Gasteiger partial charge in [-0.25, -0.2) is 0 Å². The van der Waals surface area contributed by atoms with Gasteiger partial charge in [0.1, 0.15) is 0 Å². The lowest BCUT2D eigenvalue weighted by Crippen LogP contribution is -2.28. The van der Waals surface area contributed by atoms with Crippen LogP contribution in [0.5, 0.6) is 11.5 Å². The molecule has 1 unspecified atom stereocenters. The second-order valence-electron chi connectivity index (χ2n) is 4.89. The van der Waals surface area contributed by atoms with E-state index in [0.29, 0.717) is 10.9 Å². The van der Waals surface area contributed by atoms with Gasteiger partial charge < -0.3 is 14.8 Å². The third-order valence-electron chi connectivity index (χ3n) is 3.82. The van der Waals surface area contributed by atoms with E-state index in [1.807, 2.05) is 0 Å². The number of ether oxygens (including phenoxy) is 2. The molecule has 1 aromatic rings. The van der Waals surface area contributed by atoms with Gasteiger partial charge in [0.05, 0.1) is 5.02 Å². The summed E-state index contributed by atoms with van der Waals surface area (Å²) in [5.74, 6) is 2.13. The van der Waals surface area contributed by atoms with Crippen molar-refractivity contribution in [3.05, 3.63) is 22.2 Å². The molecule has 0 amide bonds. The Morgan fingerprint density at radius 1 is 1.39 bits per heavy atom. The van der Waals surface area contributed by atoms with Gasteiger partial charge >= 0.3 is 0 Å². The second kappa shape index (κ2) is 4.98. The predicted molar refractivity (Wildman–Crippen MR) is 71.8 cm³/mol. The predicted octanol–water partition coefficient (Wildman–Crippen LogP) is 3.10. The quantitative estimate of drug-likeness (QED) is 0.893. The fraction of sp³-hybridized carbons (Fsp3) is 0.571. The molecule has 0 saturated carbocycles. The van der Waals surface area contributed by atoms with E-state index in [1.54, 1.807) is 0 Å². The minimum absolute atomic E-state index is 0.286. The Hall–Kier alpha value is -0.930. The van der Waals surface area contributed by atoms with Gasteiger partial charge in [0, 0.05) is 12.1 Å². The molecular weight excluding hydrogens is 250 g/mol. The van der Waals surface area contributed by atoms with Crippen LogP contribution in [-0.2, 0) is 6.42 Å². The zero-order valence-electron chi connectivity index (χ0n) is 10.6. The van der Waals surface area contributed by atoms with E-state index in [2.05, 4.69) is 18.3 Å². The highest BCUT2D eigenvalue weighted by Gasteiger charge is 2.27. The summed E-state index contributed by atoms with van der Waals surface area (Å²) < 4.78 is 11.0. The van der Waals surface area contributed by atoms with E-state index in [1.165, 1.54) is 24.0 Å². The molecule has 98 valence electrons. The highest BCUT2D eigenvalue weighted by Crippen LogP contribution is 2.46. The van der Waals surface area contributed by atoms with Crippen molar-refractivity contribution in [1.82, 2.24) is 5.32 Å². The van der Waals surface area contributed by atoms with Gasteiger partial charge in [0.25, 0.3) is 0 Å². The summed E-state index contributed by atoms with van der Waals surface area (Å²) in [5.41, 5.74) is 2.60.